The average Bonchev–Trinajstić information content (AvgIpc) is 2.83. The van der Waals surface area contributed by atoms with E-state index in [0.29, 0.717) is 18.0 Å². The largest absolute Gasteiger partial charge is 0.457 e. The molecule has 1 N–H and O–H groups in total. The van der Waals surface area contributed by atoms with Crippen LogP contribution in [0.15, 0.2) is 60.7 Å². The normalized spacial score (nSPS) is 14.0. The lowest BCUT2D eigenvalue weighted by Crippen LogP contribution is -2.43. The fourth-order valence-corrected chi connectivity index (χ4v) is 4.81. The Kier molecular flexibility index (Phi) is 7.51. The molecule has 0 aromatic heterocycles. The predicted molar refractivity (Wildman–Crippen MR) is 135 cm³/mol. The quantitative estimate of drug-likeness (QED) is 0.406. The number of hydrogen-bond donors (Lipinski definition) is 1. The molecule has 178 valence electrons. The van der Waals surface area contributed by atoms with Crippen molar-refractivity contribution in [2.75, 3.05) is 5.32 Å². The molecule has 1 saturated carbocycles. The van der Waals surface area contributed by atoms with E-state index in [2.05, 4.69) is 24.4 Å². The van der Waals surface area contributed by atoms with Gasteiger partial charge in [0.15, 0.2) is 0 Å². The third-order valence-electron chi connectivity index (χ3n) is 6.51. The van der Waals surface area contributed by atoms with Crippen molar-refractivity contribution >= 4 is 11.7 Å². The lowest BCUT2D eigenvalue weighted by Gasteiger charge is -2.35. The SMILES string of the molecule is Cc1cc(C)c(NC(=O)N(Cc2ccc(Oc3ccc(F)cc3)cc2)C2CCCCC2)c(C)c1. The summed E-state index contributed by atoms with van der Waals surface area (Å²) >= 11 is 0. The van der Waals surface area contributed by atoms with E-state index in [4.69, 9.17) is 4.74 Å². The van der Waals surface area contributed by atoms with Crippen molar-refractivity contribution in [3.05, 3.63) is 88.7 Å². The topological polar surface area (TPSA) is 41.6 Å². The number of ether oxygens (including phenoxy) is 1. The van der Waals surface area contributed by atoms with Gasteiger partial charge in [-0.2, -0.15) is 0 Å². The summed E-state index contributed by atoms with van der Waals surface area (Å²) in [4.78, 5) is 15.5. The lowest BCUT2D eigenvalue weighted by molar-refractivity contribution is 0.162. The highest BCUT2D eigenvalue weighted by Crippen LogP contribution is 2.28. The number of urea groups is 1. The van der Waals surface area contributed by atoms with Gasteiger partial charge in [-0.15, -0.1) is 0 Å². The number of carbonyl (C=O) groups excluding carboxylic acids is 1. The molecule has 1 fully saturated rings. The monoisotopic (exact) mass is 460 g/mol. The van der Waals surface area contributed by atoms with Crippen LogP contribution >= 0.6 is 0 Å². The van der Waals surface area contributed by atoms with Crippen molar-refractivity contribution in [1.29, 1.82) is 0 Å². The number of carbonyl (C=O) groups is 1. The molecule has 2 amide bonds. The van der Waals surface area contributed by atoms with Crippen LogP contribution < -0.4 is 10.1 Å². The second kappa shape index (κ2) is 10.7. The summed E-state index contributed by atoms with van der Waals surface area (Å²) in [6.45, 7) is 6.70. The molecule has 3 aromatic carbocycles. The maximum Gasteiger partial charge on any atom is 0.322 e. The number of rotatable bonds is 6. The van der Waals surface area contributed by atoms with E-state index >= 15 is 0 Å². The number of hydrogen-bond acceptors (Lipinski definition) is 2. The van der Waals surface area contributed by atoms with Gasteiger partial charge in [0.05, 0.1) is 0 Å². The van der Waals surface area contributed by atoms with Crippen molar-refractivity contribution in [2.24, 2.45) is 0 Å². The molecule has 1 aliphatic carbocycles. The van der Waals surface area contributed by atoms with Crippen LogP contribution in [0.2, 0.25) is 0 Å². The highest BCUT2D eigenvalue weighted by Gasteiger charge is 2.26. The maximum atomic E-state index is 13.5. The van der Waals surface area contributed by atoms with E-state index in [1.54, 1.807) is 12.1 Å². The zero-order valence-corrected chi connectivity index (χ0v) is 20.2. The average molecular weight is 461 g/mol. The minimum absolute atomic E-state index is 0.0476. The summed E-state index contributed by atoms with van der Waals surface area (Å²) in [5.74, 6) is 0.968. The van der Waals surface area contributed by atoms with Crippen LogP contribution in [0.4, 0.5) is 14.9 Å². The molecule has 0 heterocycles. The zero-order valence-electron chi connectivity index (χ0n) is 20.2. The number of benzene rings is 3. The summed E-state index contributed by atoms with van der Waals surface area (Å²) < 4.78 is 18.9. The van der Waals surface area contributed by atoms with Crippen molar-refractivity contribution in [1.82, 2.24) is 4.90 Å². The Morgan fingerprint density at radius 1 is 0.912 bits per heavy atom. The van der Waals surface area contributed by atoms with Gasteiger partial charge in [-0.3, -0.25) is 0 Å². The second-order valence-corrected chi connectivity index (χ2v) is 9.32. The molecular formula is C29H33FN2O2. The predicted octanol–water partition coefficient (Wildman–Crippen LogP) is 7.91. The number of halogens is 1. The Hall–Kier alpha value is -3.34. The Labute approximate surface area is 201 Å². The molecule has 4 rings (SSSR count). The smallest absolute Gasteiger partial charge is 0.322 e. The number of anilines is 1. The van der Waals surface area contributed by atoms with Gasteiger partial charge in [0, 0.05) is 18.3 Å². The standard InChI is InChI=1S/C29H33FN2O2/c1-20-17-21(2)28(22(3)18-20)31-29(33)32(25-7-5-4-6-8-25)19-23-9-13-26(14-10-23)34-27-15-11-24(30)12-16-27/h9-18,25H,4-8,19H2,1-3H3,(H,31,33). The molecule has 3 aromatic rings. The number of nitrogens with zero attached hydrogens (tertiary/aromatic N) is 1. The van der Waals surface area contributed by atoms with Gasteiger partial charge in [0.25, 0.3) is 0 Å². The van der Waals surface area contributed by atoms with Gasteiger partial charge < -0.3 is 15.0 Å². The van der Waals surface area contributed by atoms with E-state index < -0.39 is 0 Å². The molecule has 0 aliphatic heterocycles. The number of nitrogens with one attached hydrogen (secondary N) is 1. The Morgan fingerprint density at radius 2 is 1.47 bits per heavy atom. The summed E-state index contributed by atoms with van der Waals surface area (Å²) in [5, 5.41) is 3.20. The summed E-state index contributed by atoms with van der Waals surface area (Å²) in [5.41, 5.74) is 5.30. The molecule has 34 heavy (non-hydrogen) atoms. The van der Waals surface area contributed by atoms with Crippen LogP contribution in [-0.4, -0.2) is 17.0 Å². The van der Waals surface area contributed by atoms with E-state index in [-0.39, 0.29) is 17.9 Å². The van der Waals surface area contributed by atoms with Crippen LogP contribution in [0.25, 0.3) is 0 Å². The van der Waals surface area contributed by atoms with Crippen LogP contribution in [-0.2, 0) is 6.54 Å². The van der Waals surface area contributed by atoms with Crippen molar-refractivity contribution in [3.63, 3.8) is 0 Å². The molecular weight excluding hydrogens is 427 g/mol. The highest BCUT2D eigenvalue weighted by atomic mass is 19.1. The fourth-order valence-electron chi connectivity index (χ4n) is 4.81. The van der Waals surface area contributed by atoms with Gasteiger partial charge in [-0.1, -0.05) is 49.1 Å². The first-order valence-corrected chi connectivity index (χ1v) is 12.1. The van der Waals surface area contributed by atoms with E-state index in [9.17, 15) is 9.18 Å². The lowest BCUT2D eigenvalue weighted by atomic mass is 9.94. The van der Waals surface area contributed by atoms with Crippen LogP contribution in [0.5, 0.6) is 11.5 Å². The van der Waals surface area contributed by atoms with Crippen molar-refractivity contribution in [2.45, 2.75) is 65.5 Å². The van der Waals surface area contributed by atoms with E-state index in [1.165, 1.54) is 24.1 Å². The van der Waals surface area contributed by atoms with Crippen molar-refractivity contribution < 1.29 is 13.9 Å². The Bertz CT molecular complexity index is 1100. The Balaban J connectivity index is 1.50. The van der Waals surface area contributed by atoms with Crippen LogP contribution in [0.1, 0.15) is 54.4 Å². The maximum absolute atomic E-state index is 13.5. The molecule has 1 aliphatic rings. The van der Waals surface area contributed by atoms with E-state index in [0.717, 1.165) is 48.1 Å². The fraction of sp³-hybridized carbons (Fsp3) is 0.345. The summed E-state index contributed by atoms with van der Waals surface area (Å²) in [6.07, 6.45) is 5.61. The molecule has 4 nitrogen and oxygen atoms in total. The van der Waals surface area contributed by atoms with Gasteiger partial charge >= 0.3 is 6.03 Å². The third-order valence-corrected chi connectivity index (χ3v) is 6.51. The van der Waals surface area contributed by atoms with Gasteiger partial charge in [-0.25, -0.2) is 9.18 Å². The van der Waals surface area contributed by atoms with Gasteiger partial charge in [0.1, 0.15) is 17.3 Å². The minimum atomic E-state index is -0.292. The first-order chi connectivity index (χ1) is 16.4. The molecule has 0 saturated heterocycles. The minimum Gasteiger partial charge on any atom is -0.457 e. The first-order valence-electron chi connectivity index (χ1n) is 12.1. The summed E-state index contributed by atoms with van der Waals surface area (Å²) in [6, 6.07) is 18.1. The van der Waals surface area contributed by atoms with Gasteiger partial charge in [-0.05, 0) is 86.7 Å². The molecule has 0 bridgehead atoms. The van der Waals surface area contributed by atoms with Crippen LogP contribution in [0, 0.1) is 26.6 Å². The van der Waals surface area contributed by atoms with E-state index in [1.807, 2.05) is 43.0 Å². The number of aryl methyl sites for hydroxylation is 3. The molecule has 0 unspecified atom stereocenters. The first kappa shape index (κ1) is 23.8. The zero-order chi connectivity index (χ0) is 24.1. The highest BCUT2D eigenvalue weighted by molar-refractivity contribution is 5.91. The molecule has 0 spiro atoms. The molecule has 0 radical (unpaired) electrons. The van der Waals surface area contributed by atoms with Crippen LogP contribution in [0.3, 0.4) is 0 Å². The summed E-state index contributed by atoms with van der Waals surface area (Å²) in [7, 11) is 0. The Morgan fingerprint density at radius 3 is 2.06 bits per heavy atom. The molecule has 5 heteroatoms. The van der Waals surface area contributed by atoms with Gasteiger partial charge in [0.2, 0.25) is 0 Å². The second-order valence-electron chi connectivity index (χ2n) is 9.32. The third kappa shape index (κ3) is 5.96. The van der Waals surface area contributed by atoms with Crippen molar-refractivity contribution in [3.8, 4) is 11.5 Å². The number of amides is 2. The molecule has 0 atom stereocenters.